The normalized spacial score (nSPS) is 11.9. The molecule has 0 bridgehead atoms. The van der Waals surface area contributed by atoms with Crippen LogP contribution in [0.1, 0.15) is 11.1 Å². The van der Waals surface area contributed by atoms with E-state index in [0.717, 1.165) is 27.6 Å². The maximum Gasteiger partial charge on any atom is 0.424 e. The Morgan fingerprint density at radius 3 is 2.13 bits per heavy atom. The van der Waals surface area contributed by atoms with Crippen LogP contribution >= 0.6 is 0 Å². The van der Waals surface area contributed by atoms with Gasteiger partial charge >= 0.3 is 5.76 Å². The van der Waals surface area contributed by atoms with E-state index in [1.54, 1.807) is 48.8 Å². The first-order chi connectivity index (χ1) is 18.9. The lowest BCUT2D eigenvalue weighted by Gasteiger charge is -2.08. The topological polar surface area (TPSA) is 74.2 Å². The molecule has 2 heterocycles. The lowest BCUT2D eigenvalue weighted by atomic mass is 10.1. The van der Waals surface area contributed by atoms with Crippen LogP contribution in [0.4, 0.5) is 0 Å². The molecule has 39 heavy (non-hydrogen) atoms. The third kappa shape index (κ3) is 4.53. The average Bonchev–Trinajstić information content (AvgIpc) is 3.54. The fourth-order valence-electron chi connectivity index (χ4n) is 4.61. The summed E-state index contributed by atoms with van der Waals surface area (Å²) in [5.74, 6) is -0.00864. The molecule has 6 rings (SSSR count). The fourth-order valence-corrected chi connectivity index (χ4v) is 5.96. The first kappa shape index (κ1) is 24.5. The predicted octanol–water partition coefficient (Wildman–Crippen LogP) is 6.90. The Kier molecular flexibility index (Phi) is 6.13. The summed E-state index contributed by atoms with van der Waals surface area (Å²) in [5, 5.41) is 0.764. The van der Waals surface area contributed by atoms with E-state index in [1.165, 1.54) is 8.54 Å². The van der Waals surface area contributed by atoms with E-state index in [9.17, 15) is 13.2 Å². The van der Waals surface area contributed by atoms with Gasteiger partial charge in [0.25, 0.3) is 10.0 Å². The van der Waals surface area contributed by atoms with Crippen LogP contribution in [0.3, 0.4) is 0 Å². The Morgan fingerprint density at radius 2 is 1.44 bits per heavy atom. The van der Waals surface area contributed by atoms with Gasteiger partial charge in [-0.15, -0.1) is 0 Å². The summed E-state index contributed by atoms with van der Waals surface area (Å²) >= 11 is 0. The molecule has 0 saturated carbocycles. The van der Waals surface area contributed by atoms with Crippen molar-refractivity contribution in [1.29, 1.82) is 0 Å². The van der Waals surface area contributed by atoms with E-state index in [2.05, 4.69) is 0 Å². The van der Waals surface area contributed by atoms with Gasteiger partial charge in [-0.25, -0.2) is 21.8 Å². The standard InChI is InChI=1S/C32H24N2O4S/c1-23-12-15-28(16-13-23)39(36,37)34-21-19-27-22-24(14-17-29(27)34)18-20-33-30(25-8-4-2-5-9-25)31(38-32(33)35)26-10-6-3-7-11-26/h2-22H,1H3/b20-18+. The summed E-state index contributed by atoms with van der Waals surface area (Å²) in [6, 6.07) is 33.2. The Morgan fingerprint density at radius 1 is 0.769 bits per heavy atom. The maximum atomic E-state index is 13.2. The maximum absolute atomic E-state index is 13.2. The number of rotatable bonds is 6. The van der Waals surface area contributed by atoms with Crippen molar-refractivity contribution >= 4 is 33.2 Å². The zero-order chi connectivity index (χ0) is 27.0. The van der Waals surface area contributed by atoms with Crippen LogP contribution in [0.5, 0.6) is 0 Å². The number of oxazole rings is 1. The van der Waals surface area contributed by atoms with Crippen molar-refractivity contribution in [2.24, 2.45) is 0 Å². The number of benzene rings is 4. The molecule has 4 aromatic carbocycles. The molecule has 0 atom stereocenters. The molecular weight excluding hydrogens is 508 g/mol. The molecule has 0 aliphatic heterocycles. The molecule has 0 saturated heterocycles. The van der Waals surface area contributed by atoms with Gasteiger partial charge in [-0.1, -0.05) is 84.4 Å². The zero-order valence-corrected chi connectivity index (χ0v) is 21.9. The first-order valence-corrected chi connectivity index (χ1v) is 13.8. The summed E-state index contributed by atoms with van der Waals surface area (Å²) in [7, 11) is -3.73. The van der Waals surface area contributed by atoms with Crippen molar-refractivity contribution in [3.8, 4) is 22.6 Å². The van der Waals surface area contributed by atoms with Crippen LogP contribution in [0.25, 0.3) is 45.8 Å². The van der Waals surface area contributed by atoms with Gasteiger partial charge in [0.05, 0.1) is 10.4 Å². The summed E-state index contributed by atoms with van der Waals surface area (Å²) in [6.45, 7) is 1.92. The Labute approximate surface area is 225 Å². The third-order valence-corrected chi connectivity index (χ3v) is 8.30. The SMILES string of the molecule is Cc1ccc(S(=O)(=O)n2ccc3cc(/C=C/n4c(-c5ccccc5)c(-c5ccccc5)oc4=O)ccc32)cc1. The minimum absolute atomic E-state index is 0.233. The van der Waals surface area contributed by atoms with E-state index in [-0.39, 0.29) is 4.90 Å². The number of hydrogen-bond donors (Lipinski definition) is 0. The molecule has 0 fully saturated rings. The van der Waals surface area contributed by atoms with Crippen LogP contribution in [0.2, 0.25) is 0 Å². The van der Waals surface area contributed by atoms with Gasteiger partial charge in [0.2, 0.25) is 0 Å². The van der Waals surface area contributed by atoms with E-state index < -0.39 is 15.8 Å². The molecule has 6 nitrogen and oxygen atoms in total. The van der Waals surface area contributed by atoms with Crippen LogP contribution in [-0.4, -0.2) is 17.0 Å². The number of aromatic nitrogens is 2. The summed E-state index contributed by atoms with van der Waals surface area (Å²) in [6.07, 6.45) is 5.05. The molecule has 192 valence electrons. The van der Waals surface area contributed by atoms with Crippen LogP contribution < -0.4 is 5.76 Å². The fraction of sp³-hybridized carbons (Fsp3) is 0.0312. The monoisotopic (exact) mass is 532 g/mol. The predicted molar refractivity (Wildman–Crippen MR) is 155 cm³/mol. The largest absolute Gasteiger partial charge is 0.424 e. The molecule has 0 spiro atoms. The molecular formula is C32H24N2O4S. The summed E-state index contributed by atoms with van der Waals surface area (Å²) in [4.78, 5) is 13.2. The van der Waals surface area contributed by atoms with Gasteiger partial charge < -0.3 is 4.42 Å². The summed E-state index contributed by atoms with van der Waals surface area (Å²) in [5.41, 5.74) is 4.68. The first-order valence-electron chi connectivity index (χ1n) is 12.4. The van der Waals surface area contributed by atoms with E-state index in [4.69, 9.17) is 4.42 Å². The zero-order valence-electron chi connectivity index (χ0n) is 21.1. The Bertz CT molecular complexity index is 1980. The molecule has 0 amide bonds. The third-order valence-electron chi connectivity index (χ3n) is 6.60. The van der Waals surface area contributed by atoms with E-state index in [1.807, 2.05) is 85.8 Å². The second-order valence-corrected chi connectivity index (χ2v) is 11.0. The quantitative estimate of drug-likeness (QED) is 0.234. The second kappa shape index (κ2) is 9.78. The van der Waals surface area contributed by atoms with Crippen LogP contribution in [0.15, 0.2) is 129 Å². The molecule has 0 unspecified atom stereocenters. The molecule has 0 aliphatic rings. The highest BCUT2D eigenvalue weighted by Gasteiger charge is 2.20. The molecule has 2 aromatic heterocycles. The highest BCUT2D eigenvalue weighted by atomic mass is 32.2. The van der Waals surface area contributed by atoms with E-state index in [0.29, 0.717) is 17.0 Å². The van der Waals surface area contributed by atoms with Crippen molar-refractivity contribution in [1.82, 2.24) is 8.54 Å². The van der Waals surface area contributed by atoms with Gasteiger partial charge in [0.15, 0.2) is 5.76 Å². The smallest absolute Gasteiger partial charge is 0.407 e. The molecule has 0 radical (unpaired) electrons. The number of nitrogens with zero attached hydrogens (tertiary/aromatic N) is 2. The number of fused-ring (bicyclic) bond motifs is 1. The van der Waals surface area contributed by atoms with Crippen LogP contribution in [-0.2, 0) is 10.0 Å². The lowest BCUT2D eigenvalue weighted by molar-refractivity contribution is 0.519. The molecule has 0 aliphatic carbocycles. The van der Waals surface area contributed by atoms with Crippen molar-refractivity contribution in [3.05, 3.63) is 137 Å². The van der Waals surface area contributed by atoms with Crippen molar-refractivity contribution < 1.29 is 12.8 Å². The highest BCUT2D eigenvalue weighted by molar-refractivity contribution is 7.90. The van der Waals surface area contributed by atoms with Crippen molar-refractivity contribution in [2.45, 2.75) is 11.8 Å². The van der Waals surface area contributed by atoms with Gasteiger partial charge in [-0.2, -0.15) is 0 Å². The number of hydrogen-bond acceptors (Lipinski definition) is 4. The Hall–Kier alpha value is -4.88. The summed E-state index contributed by atoms with van der Waals surface area (Å²) < 4.78 is 35.0. The van der Waals surface area contributed by atoms with Gasteiger partial charge in [0, 0.05) is 28.9 Å². The van der Waals surface area contributed by atoms with Gasteiger partial charge in [-0.3, -0.25) is 0 Å². The van der Waals surface area contributed by atoms with Crippen molar-refractivity contribution in [2.75, 3.05) is 0 Å². The van der Waals surface area contributed by atoms with Gasteiger partial charge in [0.1, 0.15) is 5.69 Å². The highest BCUT2D eigenvalue weighted by Crippen LogP contribution is 2.32. The minimum atomic E-state index is -3.73. The molecule has 0 N–H and O–H groups in total. The van der Waals surface area contributed by atoms with Gasteiger partial charge in [-0.05, 0) is 48.9 Å². The molecule has 6 aromatic rings. The second-order valence-electron chi connectivity index (χ2n) is 9.21. The van der Waals surface area contributed by atoms with Crippen LogP contribution in [0, 0.1) is 6.92 Å². The number of aryl methyl sites for hydroxylation is 1. The molecule has 7 heteroatoms. The Balaban J connectivity index is 1.40. The average molecular weight is 533 g/mol. The minimum Gasteiger partial charge on any atom is -0.407 e. The lowest BCUT2D eigenvalue weighted by Crippen LogP contribution is -2.11. The van der Waals surface area contributed by atoms with Crippen molar-refractivity contribution in [3.63, 3.8) is 0 Å². The van der Waals surface area contributed by atoms with E-state index >= 15 is 0 Å².